The van der Waals surface area contributed by atoms with Crippen molar-refractivity contribution in [3.05, 3.63) is 34.4 Å². The van der Waals surface area contributed by atoms with Crippen LogP contribution >= 0.6 is 0 Å². The molecule has 2 aliphatic carbocycles. The summed E-state index contributed by atoms with van der Waals surface area (Å²) in [7, 11) is 0. The van der Waals surface area contributed by atoms with Gasteiger partial charge in [0.1, 0.15) is 5.92 Å². The summed E-state index contributed by atoms with van der Waals surface area (Å²) in [6, 6.07) is 4.25. The molecule has 2 aliphatic rings. The van der Waals surface area contributed by atoms with Gasteiger partial charge >= 0.3 is 0 Å². The van der Waals surface area contributed by atoms with E-state index in [1.165, 1.54) is 11.1 Å². The smallest absolute Gasteiger partial charge is 0.151 e. The van der Waals surface area contributed by atoms with E-state index < -0.39 is 5.92 Å². The Bertz CT molecular complexity index is 576. The van der Waals surface area contributed by atoms with Crippen molar-refractivity contribution < 1.29 is 9.59 Å². The third-order valence-corrected chi connectivity index (χ3v) is 5.35. The summed E-state index contributed by atoms with van der Waals surface area (Å²) in [4.78, 5) is 25.7. The first-order valence-electron chi connectivity index (χ1n) is 8.22. The monoisotopic (exact) mass is 284 g/mol. The molecule has 2 heteroatoms. The number of fused-ring (bicyclic) bond motifs is 1. The second-order valence-electron chi connectivity index (χ2n) is 6.74. The number of carbonyl (C=O) groups excluding carboxylic acids is 2. The highest BCUT2D eigenvalue weighted by Crippen LogP contribution is 2.45. The maximum absolute atomic E-state index is 12.8. The average Bonchev–Trinajstić information content (AvgIpc) is 2.71. The van der Waals surface area contributed by atoms with E-state index in [1.807, 2.05) is 6.92 Å². The van der Waals surface area contributed by atoms with Gasteiger partial charge in [-0.15, -0.1) is 0 Å². The van der Waals surface area contributed by atoms with Crippen LogP contribution in [0.15, 0.2) is 12.1 Å². The van der Waals surface area contributed by atoms with Crippen molar-refractivity contribution in [1.29, 1.82) is 0 Å². The predicted octanol–water partition coefficient (Wildman–Crippen LogP) is 3.91. The summed E-state index contributed by atoms with van der Waals surface area (Å²) in [5.74, 6) is -0.0744. The van der Waals surface area contributed by atoms with E-state index in [4.69, 9.17) is 0 Å². The van der Waals surface area contributed by atoms with Gasteiger partial charge in [-0.05, 0) is 49.8 Å². The van der Waals surface area contributed by atoms with Gasteiger partial charge in [-0.25, -0.2) is 0 Å². The molecule has 0 unspecified atom stereocenters. The van der Waals surface area contributed by atoms with Crippen LogP contribution < -0.4 is 0 Å². The molecule has 0 spiro atoms. The predicted molar refractivity (Wildman–Crippen MR) is 83.5 cm³/mol. The Hall–Kier alpha value is -1.44. The fourth-order valence-electron chi connectivity index (χ4n) is 4.44. The van der Waals surface area contributed by atoms with Crippen molar-refractivity contribution in [2.45, 2.75) is 58.8 Å². The largest absolute Gasteiger partial charge is 0.298 e. The highest BCUT2D eigenvalue weighted by molar-refractivity contribution is 6.16. The zero-order valence-corrected chi connectivity index (χ0v) is 13.2. The molecule has 112 valence electrons. The van der Waals surface area contributed by atoms with E-state index in [2.05, 4.69) is 26.0 Å². The van der Waals surface area contributed by atoms with Crippen molar-refractivity contribution in [3.63, 3.8) is 0 Å². The summed E-state index contributed by atoms with van der Waals surface area (Å²) < 4.78 is 0. The van der Waals surface area contributed by atoms with Gasteiger partial charge in [0.25, 0.3) is 0 Å². The first kappa shape index (κ1) is 14.5. The zero-order chi connectivity index (χ0) is 15.1. The number of aryl methyl sites for hydroxylation is 3. The van der Waals surface area contributed by atoms with E-state index in [0.717, 1.165) is 43.2 Å². The van der Waals surface area contributed by atoms with Crippen LogP contribution in [-0.4, -0.2) is 11.6 Å². The standard InChI is InChI=1S/C19H24O2/c1-4-13-10-11(2)9-12(3)16(13)17-18(20)14-7-5-6-8-15(14)19(17)21/h9-10,14-15,17H,4-8H2,1-3H3/t14-,15-/m0/s1. The van der Waals surface area contributed by atoms with Crippen LogP contribution in [0.2, 0.25) is 0 Å². The van der Waals surface area contributed by atoms with Crippen molar-refractivity contribution in [2.24, 2.45) is 11.8 Å². The molecule has 0 radical (unpaired) electrons. The molecule has 2 atom stereocenters. The molecule has 21 heavy (non-hydrogen) atoms. The first-order valence-corrected chi connectivity index (χ1v) is 8.22. The van der Waals surface area contributed by atoms with Gasteiger partial charge in [0, 0.05) is 11.8 Å². The van der Waals surface area contributed by atoms with Crippen molar-refractivity contribution in [3.8, 4) is 0 Å². The van der Waals surface area contributed by atoms with Crippen LogP contribution in [-0.2, 0) is 16.0 Å². The second kappa shape index (κ2) is 5.40. The van der Waals surface area contributed by atoms with E-state index in [0.29, 0.717) is 0 Å². The van der Waals surface area contributed by atoms with Crippen molar-refractivity contribution >= 4 is 11.6 Å². The van der Waals surface area contributed by atoms with E-state index >= 15 is 0 Å². The Balaban J connectivity index is 2.08. The Morgan fingerprint density at radius 1 is 1.00 bits per heavy atom. The van der Waals surface area contributed by atoms with E-state index in [9.17, 15) is 9.59 Å². The number of benzene rings is 1. The molecule has 0 amide bonds. The number of rotatable bonds is 2. The van der Waals surface area contributed by atoms with E-state index in [1.54, 1.807) is 0 Å². The topological polar surface area (TPSA) is 34.1 Å². The fraction of sp³-hybridized carbons (Fsp3) is 0.579. The van der Waals surface area contributed by atoms with Gasteiger partial charge in [0.15, 0.2) is 11.6 Å². The molecule has 0 saturated heterocycles. The second-order valence-corrected chi connectivity index (χ2v) is 6.74. The third kappa shape index (κ3) is 2.25. The van der Waals surface area contributed by atoms with Gasteiger partial charge in [-0.1, -0.05) is 37.5 Å². The van der Waals surface area contributed by atoms with Crippen LogP contribution in [0.3, 0.4) is 0 Å². The Kier molecular flexibility index (Phi) is 3.73. The summed E-state index contributed by atoms with van der Waals surface area (Å²) in [6.45, 7) is 6.23. The van der Waals surface area contributed by atoms with Crippen LogP contribution in [0.5, 0.6) is 0 Å². The van der Waals surface area contributed by atoms with Crippen LogP contribution in [0.25, 0.3) is 0 Å². The maximum atomic E-state index is 12.8. The lowest BCUT2D eigenvalue weighted by atomic mass is 9.81. The van der Waals surface area contributed by atoms with E-state index in [-0.39, 0.29) is 23.4 Å². The summed E-state index contributed by atoms with van der Waals surface area (Å²) >= 11 is 0. The minimum absolute atomic E-state index is 0.00154. The normalized spacial score (nSPS) is 26.2. The molecule has 0 aliphatic heterocycles. The lowest BCUT2D eigenvalue weighted by Crippen LogP contribution is -2.21. The number of hydrogen-bond donors (Lipinski definition) is 0. The van der Waals surface area contributed by atoms with Crippen LogP contribution in [0.1, 0.15) is 60.8 Å². The molecule has 3 rings (SSSR count). The van der Waals surface area contributed by atoms with Gasteiger partial charge in [0.2, 0.25) is 0 Å². The summed E-state index contributed by atoms with van der Waals surface area (Å²) in [5.41, 5.74) is 4.52. The molecule has 1 aromatic carbocycles. The lowest BCUT2D eigenvalue weighted by molar-refractivity contribution is -0.125. The fourth-order valence-corrected chi connectivity index (χ4v) is 4.44. The SMILES string of the molecule is CCc1cc(C)cc(C)c1C1C(=O)[C@H]2CCCC[C@@H]2C1=O. The summed E-state index contributed by atoms with van der Waals surface area (Å²) in [6.07, 6.45) is 4.90. The lowest BCUT2D eigenvalue weighted by Gasteiger charge is -2.21. The number of ketones is 2. The van der Waals surface area contributed by atoms with Crippen molar-refractivity contribution in [1.82, 2.24) is 0 Å². The molecule has 0 aromatic heterocycles. The minimum Gasteiger partial charge on any atom is -0.298 e. The van der Waals surface area contributed by atoms with Gasteiger partial charge < -0.3 is 0 Å². The van der Waals surface area contributed by atoms with Gasteiger partial charge in [0.05, 0.1) is 0 Å². The number of carbonyl (C=O) groups is 2. The number of Topliss-reactive ketones (excluding diaryl/α,β-unsaturated/α-hetero) is 2. The first-order chi connectivity index (χ1) is 10.0. The Morgan fingerprint density at radius 3 is 2.10 bits per heavy atom. The Morgan fingerprint density at radius 2 is 1.57 bits per heavy atom. The zero-order valence-electron chi connectivity index (χ0n) is 13.2. The Labute approximate surface area is 126 Å². The molecule has 2 saturated carbocycles. The number of hydrogen-bond acceptors (Lipinski definition) is 2. The molecule has 1 aromatic rings. The average molecular weight is 284 g/mol. The highest BCUT2D eigenvalue weighted by atomic mass is 16.2. The molecule has 0 N–H and O–H groups in total. The quantitative estimate of drug-likeness (QED) is 0.772. The molecule has 0 heterocycles. The van der Waals surface area contributed by atoms with Gasteiger partial charge in [-0.2, -0.15) is 0 Å². The molecule has 2 nitrogen and oxygen atoms in total. The summed E-state index contributed by atoms with van der Waals surface area (Å²) in [5, 5.41) is 0. The third-order valence-electron chi connectivity index (χ3n) is 5.35. The maximum Gasteiger partial charge on any atom is 0.151 e. The van der Waals surface area contributed by atoms with Gasteiger partial charge in [-0.3, -0.25) is 9.59 Å². The van der Waals surface area contributed by atoms with Crippen molar-refractivity contribution in [2.75, 3.05) is 0 Å². The highest BCUT2D eigenvalue weighted by Gasteiger charge is 2.50. The molecule has 0 bridgehead atoms. The molecular formula is C19H24O2. The minimum atomic E-state index is -0.478. The molecular weight excluding hydrogens is 260 g/mol. The molecule has 2 fully saturated rings. The van der Waals surface area contributed by atoms with Crippen LogP contribution in [0.4, 0.5) is 0 Å². The van der Waals surface area contributed by atoms with Crippen LogP contribution in [0, 0.1) is 25.7 Å².